The monoisotopic (exact) mass is 1510 g/mol. The summed E-state index contributed by atoms with van der Waals surface area (Å²) in [6, 6.07) is 22.7. The summed E-state index contributed by atoms with van der Waals surface area (Å²) >= 11 is 2.14. The number of hydrogen-bond donors (Lipinski definition) is 12. The molecule has 0 spiro atoms. The molecule has 0 fully saturated rings. The molecule has 506 valence electrons. The first-order valence-electron chi connectivity index (χ1n) is 24.6. The summed E-state index contributed by atoms with van der Waals surface area (Å²) in [6.45, 7) is 0. The first-order valence-corrected chi connectivity index (χ1v) is 34.8. The fourth-order valence-corrected chi connectivity index (χ4v) is 11.8. The Labute approximate surface area is 559 Å². The molecule has 0 saturated carbocycles. The van der Waals surface area contributed by atoms with Gasteiger partial charge in [-0.1, -0.05) is 10.1 Å². The van der Waals surface area contributed by atoms with Crippen molar-refractivity contribution >= 4 is 189 Å². The number of nitrogens with one attached hydrogen (secondary N) is 1. The van der Waals surface area contributed by atoms with Crippen molar-refractivity contribution in [3.05, 3.63) is 121 Å². The highest BCUT2D eigenvalue weighted by atomic mass is 32.3. The molecule has 0 atom stereocenters. The second-order valence-corrected chi connectivity index (χ2v) is 27.1. The van der Waals surface area contributed by atoms with Gasteiger partial charge in [0.15, 0.2) is 23.7 Å². The minimum absolute atomic E-state index is 0.0911. The molecule has 0 aliphatic heterocycles. The van der Waals surface area contributed by atoms with Crippen molar-refractivity contribution in [2.75, 3.05) is 16.8 Å². The topological polar surface area (TPSA) is 607 Å². The zero-order valence-electron chi connectivity index (χ0n) is 46.7. The third-order valence-corrected chi connectivity index (χ3v) is 17.3. The SMILES string of the molecule is Nc1c(N=Nc2ccc(C(=O)Nc3ccc(S(=O)(=O)O)c(N=Nc4c(S(=O)(=O)O)cc5cc(SOOO)c(N=Nc6ccc(SC#COOS(=O)(=O)O)cc6)c(O)c5c4N)c3)cc2)c(S(=O)(=O)O)cc2cc(SOOO)c(N=Nc3ccc(SC#COOS(=O)(=O)O)cc3)c(O)c12. The standard InChI is InChI=1S/C49H33N11O28S9/c50-41-39-25(19-34(91-85-83-64)43(47(39)61)57-53-28-5-10-31(11-6-28)89-17-15-81-87-96(75,76)77)21-37(94(69,70)71)45(41)59-55-27-3-1-24(2-4-27)49(63)52-30-9-14-36(93(66,67)68)33(23-30)56-60-46-38(95(72,73)74)22-26-20-35(92-86-84-65)44(48(62)40(26)42(46)51)58-54-29-7-12-32(13-8-29)90-18-16-82-88-97(78,79)80/h1-14,19-23,61-62,64-65H,50-51H2,(H,52,63)(H,66,67,68)(H,69,70,71)(H,72,73,74)(H,75,76,77)(H,78,79,80). The Kier molecular flexibility index (Phi) is 23.7. The van der Waals surface area contributed by atoms with Gasteiger partial charge >= 0.3 is 20.8 Å². The summed E-state index contributed by atoms with van der Waals surface area (Å²) in [5, 5.41) is 86.0. The molecule has 0 bridgehead atoms. The number of azo groups is 4. The summed E-state index contributed by atoms with van der Waals surface area (Å²) in [6.07, 6.45) is 3.73. The smallest absolute Gasteiger partial charge is 0.433 e. The van der Waals surface area contributed by atoms with Crippen molar-refractivity contribution in [2.24, 2.45) is 40.9 Å². The number of nitrogens with two attached hydrogens (primary N) is 2. The summed E-state index contributed by atoms with van der Waals surface area (Å²) in [5.74, 6) is -2.56. The number of amides is 1. The van der Waals surface area contributed by atoms with Crippen LogP contribution < -0.4 is 16.8 Å². The van der Waals surface area contributed by atoms with Gasteiger partial charge in [-0.3, -0.25) is 37.3 Å². The molecule has 1 amide bonds. The van der Waals surface area contributed by atoms with Crippen molar-refractivity contribution in [3.63, 3.8) is 0 Å². The Balaban J connectivity index is 1.06. The van der Waals surface area contributed by atoms with Crippen LogP contribution in [0.2, 0.25) is 0 Å². The van der Waals surface area contributed by atoms with Gasteiger partial charge in [0, 0.05) is 31.5 Å². The number of thioether (sulfide) groups is 2. The van der Waals surface area contributed by atoms with Crippen molar-refractivity contribution in [3.8, 4) is 34.2 Å². The Morgan fingerprint density at radius 2 is 0.845 bits per heavy atom. The third-order valence-electron chi connectivity index (χ3n) is 11.6. The van der Waals surface area contributed by atoms with E-state index in [2.05, 4.69) is 93.9 Å². The first-order chi connectivity index (χ1) is 45.7. The molecule has 0 aliphatic rings. The second-order valence-electron chi connectivity index (χ2n) is 17.7. The van der Waals surface area contributed by atoms with Crippen molar-refractivity contribution in [2.45, 2.75) is 34.3 Å². The molecule has 97 heavy (non-hydrogen) atoms. The Bertz CT molecular complexity index is 5290. The van der Waals surface area contributed by atoms with Gasteiger partial charge in [0.25, 0.3) is 36.3 Å². The fourth-order valence-electron chi connectivity index (χ4n) is 7.72. The highest BCUT2D eigenvalue weighted by Gasteiger charge is 2.28. The molecule has 48 heteroatoms. The minimum Gasteiger partial charge on any atom is -0.505 e. The highest BCUT2D eigenvalue weighted by Crippen LogP contribution is 2.52. The van der Waals surface area contributed by atoms with Crippen LogP contribution in [-0.2, 0) is 88.3 Å². The van der Waals surface area contributed by atoms with E-state index >= 15 is 0 Å². The van der Waals surface area contributed by atoms with E-state index < -0.39 is 128 Å². The maximum atomic E-state index is 13.6. The average Bonchev–Trinajstić information content (AvgIpc) is 0.761. The lowest BCUT2D eigenvalue weighted by Gasteiger charge is -2.14. The van der Waals surface area contributed by atoms with Gasteiger partial charge in [0.1, 0.15) is 43.1 Å². The Hall–Kier alpha value is -9.30. The van der Waals surface area contributed by atoms with E-state index in [9.17, 15) is 70.8 Å². The van der Waals surface area contributed by atoms with E-state index in [1.165, 1.54) is 72.8 Å². The van der Waals surface area contributed by atoms with Crippen LogP contribution in [0.4, 0.5) is 62.6 Å². The number of fused-ring (bicyclic) bond motifs is 2. The molecule has 14 N–H and O–H groups in total. The number of aromatic hydroxyl groups is 2. The largest absolute Gasteiger partial charge is 0.505 e. The molecule has 8 aromatic carbocycles. The normalized spacial score (nSPS) is 12.4. The lowest BCUT2D eigenvalue weighted by molar-refractivity contribution is -0.432. The summed E-state index contributed by atoms with van der Waals surface area (Å²) in [4.78, 5) is 19.2. The lowest BCUT2D eigenvalue weighted by Crippen LogP contribution is -2.11. The number of hydrogen-bond acceptors (Lipinski definition) is 37. The molecule has 8 aromatic rings. The lowest BCUT2D eigenvalue weighted by atomic mass is 10.1. The van der Waals surface area contributed by atoms with E-state index in [0.29, 0.717) is 9.79 Å². The van der Waals surface area contributed by atoms with Crippen molar-refractivity contribution < 1.29 is 128 Å². The van der Waals surface area contributed by atoms with Gasteiger partial charge in [-0.2, -0.15) is 57.4 Å². The van der Waals surface area contributed by atoms with Crippen LogP contribution in [0.15, 0.2) is 190 Å². The number of carbonyl (C=O) groups excluding carboxylic acids is 1. The third kappa shape index (κ3) is 19.7. The number of nitrogens with zero attached hydrogens (tertiary/aromatic N) is 8. The number of anilines is 3. The van der Waals surface area contributed by atoms with Crippen molar-refractivity contribution in [1.82, 2.24) is 0 Å². The zero-order valence-corrected chi connectivity index (χ0v) is 54.0. The molecular formula is C49H33N11O28S9. The summed E-state index contributed by atoms with van der Waals surface area (Å²) < 4.78 is 183. The zero-order chi connectivity index (χ0) is 70.6. The summed E-state index contributed by atoms with van der Waals surface area (Å²) in [7, 11) is -25.6. The van der Waals surface area contributed by atoms with E-state index in [1.807, 2.05) is 12.2 Å². The average molecular weight is 1510 g/mol. The molecule has 39 nitrogen and oxygen atoms in total. The van der Waals surface area contributed by atoms with Crippen LogP contribution in [0.3, 0.4) is 0 Å². The van der Waals surface area contributed by atoms with E-state index in [0.717, 1.165) is 66.0 Å². The second kappa shape index (κ2) is 31.3. The van der Waals surface area contributed by atoms with Crippen LogP contribution in [0.1, 0.15) is 10.4 Å². The van der Waals surface area contributed by atoms with E-state index in [-0.39, 0.29) is 78.3 Å². The van der Waals surface area contributed by atoms with Gasteiger partial charge in [0.2, 0.25) is 0 Å². The van der Waals surface area contributed by atoms with Gasteiger partial charge in [-0.05, 0) is 158 Å². The predicted octanol–water partition coefficient (Wildman–Crippen LogP) is 11.6. The highest BCUT2D eigenvalue weighted by molar-refractivity contribution is 8.04. The predicted molar refractivity (Wildman–Crippen MR) is 336 cm³/mol. The number of carbonyl (C=O) groups is 1. The van der Waals surface area contributed by atoms with Gasteiger partial charge in [-0.15, -0.1) is 34.2 Å². The molecule has 0 unspecified atom stereocenters. The first kappa shape index (κ1) is 73.5. The van der Waals surface area contributed by atoms with E-state index in [4.69, 9.17) is 31.1 Å². The maximum absolute atomic E-state index is 13.6. The van der Waals surface area contributed by atoms with E-state index in [1.54, 1.807) is 0 Å². The summed E-state index contributed by atoms with van der Waals surface area (Å²) in [5.41, 5.74) is 7.97. The Morgan fingerprint density at radius 3 is 1.23 bits per heavy atom. The van der Waals surface area contributed by atoms with Crippen LogP contribution in [0.5, 0.6) is 11.5 Å². The molecule has 0 aromatic heterocycles. The number of phenols is 2. The van der Waals surface area contributed by atoms with Gasteiger partial charge in [-0.25, -0.2) is 10.5 Å². The molecular weight excluding hydrogens is 1480 g/mol. The number of benzene rings is 8. The van der Waals surface area contributed by atoms with Crippen LogP contribution in [-0.4, -0.2) is 91.5 Å². The number of phenolic OH excluding ortho intramolecular Hbond substituents is 2. The minimum atomic E-state index is -5.37. The van der Waals surface area contributed by atoms with Crippen molar-refractivity contribution in [1.29, 1.82) is 0 Å². The van der Waals surface area contributed by atoms with Crippen LogP contribution in [0, 0.1) is 22.7 Å². The quantitative estimate of drug-likeness (QED) is 0.00369. The molecule has 0 aliphatic carbocycles. The van der Waals surface area contributed by atoms with Crippen LogP contribution in [0.25, 0.3) is 21.5 Å². The molecule has 0 radical (unpaired) electrons. The number of rotatable bonds is 25. The Morgan fingerprint density at radius 1 is 0.464 bits per heavy atom. The fraction of sp³-hybridized carbons (Fsp3) is 0. The number of nitrogen functional groups attached to an aromatic ring is 2. The molecule has 0 saturated heterocycles. The maximum Gasteiger partial charge on any atom is 0.433 e. The molecule has 0 heterocycles. The van der Waals surface area contributed by atoms with Gasteiger partial charge in [0.05, 0.1) is 73.1 Å². The van der Waals surface area contributed by atoms with Gasteiger partial charge < -0.3 is 27.0 Å². The van der Waals surface area contributed by atoms with Crippen LogP contribution >= 0.6 is 47.6 Å². The molecule has 8 rings (SSSR count).